The lowest BCUT2D eigenvalue weighted by Gasteiger charge is -2.33. The number of pyridine rings is 1. The van der Waals surface area contributed by atoms with Crippen LogP contribution in [0.4, 0.5) is 14.7 Å². The Bertz CT molecular complexity index is 930. The predicted molar refractivity (Wildman–Crippen MR) is 93.3 cm³/mol. The molecule has 1 saturated heterocycles. The number of anilines is 1. The molecule has 1 aliphatic heterocycles. The molecule has 1 fully saturated rings. The van der Waals surface area contributed by atoms with E-state index >= 15 is 0 Å². The van der Waals surface area contributed by atoms with Gasteiger partial charge < -0.3 is 15.2 Å². The highest BCUT2D eigenvalue weighted by Crippen LogP contribution is 2.26. The number of piperidine rings is 1. The quantitative estimate of drug-likeness (QED) is 0.748. The summed E-state index contributed by atoms with van der Waals surface area (Å²) in [6.45, 7) is 1.02. The van der Waals surface area contributed by atoms with E-state index in [0.29, 0.717) is 47.5 Å². The van der Waals surface area contributed by atoms with Crippen molar-refractivity contribution < 1.29 is 8.78 Å². The van der Waals surface area contributed by atoms with E-state index in [9.17, 15) is 8.78 Å². The Balaban J connectivity index is 1.77. The van der Waals surface area contributed by atoms with Crippen LogP contribution in [0, 0.1) is 5.82 Å². The summed E-state index contributed by atoms with van der Waals surface area (Å²) < 4.78 is 29.2. The lowest BCUT2D eigenvalue weighted by atomic mass is 10.1. The number of halogens is 3. The van der Waals surface area contributed by atoms with Crippen molar-refractivity contribution in [1.29, 1.82) is 0 Å². The van der Waals surface area contributed by atoms with Crippen LogP contribution in [0.5, 0.6) is 0 Å². The maximum Gasteiger partial charge on any atom is 0.208 e. The van der Waals surface area contributed by atoms with E-state index in [0.717, 1.165) is 6.20 Å². The Hall–Kier alpha value is -2.39. The summed E-state index contributed by atoms with van der Waals surface area (Å²) in [5.41, 5.74) is 6.78. The first kappa shape index (κ1) is 17.0. The minimum Gasteiger partial charge on any atom is -0.340 e. The highest BCUT2D eigenvalue weighted by Gasteiger charge is 2.29. The Morgan fingerprint density at radius 3 is 2.73 bits per heavy atom. The van der Waals surface area contributed by atoms with Gasteiger partial charge in [0.15, 0.2) is 5.65 Å². The minimum atomic E-state index is -1.04. The van der Waals surface area contributed by atoms with Crippen LogP contribution in [0.25, 0.3) is 11.2 Å². The van der Waals surface area contributed by atoms with Crippen LogP contribution in [0.15, 0.2) is 24.7 Å². The third kappa shape index (κ3) is 3.19. The molecular weight excluding hydrogens is 364 g/mol. The molecule has 0 aromatic carbocycles. The molecule has 0 aliphatic carbocycles. The molecule has 2 N–H and O–H groups in total. The van der Waals surface area contributed by atoms with Crippen LogP contribution in [0.3, 0.4) is 0 Å². The zero-order valence-electron chi connectivity index (χ0n) is 13.7. The molecule has 7 nitrogen and oxygen atoms in total. The zero-order chi connectivity index (χ0) is 18.3. The van der Waals surface area contributed by atoms with Gasteiger partial charge in [0.25, 0.3) is 0 Å². The van der Waals surface area contributed by atoms with Crippen LogP contribution >= 0.6 is 11.6 Å². The van der Waals surface area contributed by atoms with Crippen molar-refractivity contribution in [3.63, 3.8) is 0 Å². The number of aromatic nitrogens is 5. The Morgan fingerprint density at radius 1 is 1.23 bits per heavy atom. The second-order valence-corrected chi connectivity index (χ2v) is 6.66. The molecule has 3 aromatic rings. The molecule has 136 valence electrons. The van der Waals surface area contributed by atoms with E-state index < -0.39 is 18.0 Å². The van der Waals surface area contributed by atoms with Gasteiger partial charge in [-0.2, -0.15) is 4.98 Å². The molecule has 0 radical (unpaired) electrons. The Kier molecular flexibility index (Phi) is 4.41. The maximum atomic E-state index is 13.7. The molecular formula is C16H16ClF2N7. The topological polar surface area (TPSA) is 85.8 Å². The van der Waals surface area contributed by atoms with Crippen LogP contribution in [-0.4, -0.2) is 49.8 Å². The predicted octanol–water partition coefficient (Wildman–Crippen LogP) is 1.94. The molecule has 1 aliphatic rings. The van der Waals surface area contributed by atoms with Gasteiger partial charge in [-0.25, -0.2) is 23.7 Å². The summed E-state index contributed by atoms with van der Waals surface area (Å²) in [7, 11) is 0. The van der Waals surface area contributed by atoms with Crippen molar-refractivity contribution in [2.45, 2.75) is 25.2 Å². The first-order valence-electron chi connectivity index (χ1n) is 8.14. The second-order valence-electron chi connectivity index (χ2n) is 6.23. The van der Waals surface area contributed by atoms with Gasteiger partial charge in [-0.15, -0.1) is 0 Å². The van der Waals surface area contributed by atoms with E-state index in [1.165, 1.54) is 18.5 Å². The fourth-order valence-corrected chi connectivity index (χ4v) is 3.16. The number of alkyl halides is 1. The van der Waals surface area contributed by atoms with Gasteiger partial charge in [-0.3, -0.25) is 0 Å². The molecule has 4 rings (SSSR count). The first-order valence-corrected chi connectivity index (χ1v) is 8.52. The van der Waals surface area contributed by atoms with Gasteiger partial charge in [-0.1, -0.05) is 11.6 Å². The number of hydrogen-bond donors (Lipinski definition) is 1. The monoisotopic (exact) mass is 379 g/mol. The third-order valence-corrected chi connectivity index (χ3v) is 4.57. The number of nitrogens with zero attached hydrogens (tertiary/aromatic N) is 6. The van der Waals surface area contributed by atoms with Crippen LogP contribution in [-0.2, 0) is 6.54 Å². The molecule has 2 atom stereocenters. The van der Waals surface area contributed by atoms with Crippen molar-refractivity contribution >= 4 is 28.7 Å². The summed E-state index contributed by atoms with van der Waals surface area (Å²) in [6.07, 6.45) is 3.36. The van der Waals surface area contributed by atoms with Crippen molar-refractivity contribution in [2.24, 2.45) is 5.73 Å². The molecule has 2 unspecified atom stereocenters. The molecule has 0 spiro atoms. The Morgan fingerprint density at radius 2 is 2.00 bits per heavy atom. The SMILES string of the molecule is NC1CN(c2nc3ncc(F)cc3n2Cc2ncc(Cl)cn2)CCC1F. The molecule has 3 aromatic heterocycles. The molecule has 26 heavy (non-hydrogen) atoms. The smallest absolute Gasteiger partial charge is 0.208 e. The van der Waals surface area contributed by atoms with E-state index in [1.54, 1.807) is 4.57 Å². The summed E-state index contributed by atoms with van der Waals surface area (Å²) in [5, 5.41) is 0.424. The van der Waals surface area contributed by atoms with E-state index in [4.69, 9.17) is 17.3 Å². The van der Waals surface area contributed by atoms with Crippen molar-refractivity contribution in [3.8, 4) is 0 Å². The normalized spacial score (nSPS) is 20.7. The lowest BCUT2D eigenvalue weighted by molar-refractivity contribution is 0.243. The number of nitrogens with two attached hydrogens (primary N) is 1. The van der Waals surface area contributed by atoms with Crippen LogP contribution < -0.4 is 10.6 Å². The molecule has 0 amide bonds. The summed E-state index contributed by atoms with van der Waals surface area (Å²) in [4.78, 5) is 18.8. The number of hydrogen-bond acceptors (Lipinski definition) is 6. The largest absolute Gasteiger partial charge is 0.340 e. The van der Waals surface area contributed by atoms with E-state index in [2.05, 4.69) is 19.9 Å². The van der Waals surface area contributed by atoms with Gasteiger partial charge in [0, 0.05) is 31.5 Å². The molecule has 0 saturated carbocycles. The Labute approximate surface area is 152 Å². The van der Waals surface area contributed by atoms with Gasteiger partial charge in [0.1, 0.15) is 17.8 Å². The fraction of sp³-hybridized carbons (Fsp3) is 0.375. The van der Waals surface area contributed by atoms with Gasteiger partial charge in [0.2, 0.25) is 5.95 Å². The second kappa shape index (κ2) is 6.73. The third-order valence-electron chi connectivity index (χ3n) is 4.38. The highest BCUT2D eigenvalue weighted by molar-refractivity contribution is 6.30. The molecule has 4 heterocycles. The standard InChI is InChI=1S/C16H16ClF2N7/c17-9-4-21-14(22-5-9)8-26-13-3-10(18)6-23-15(13)24-16(26)25-2-1-11(19)12(20)7-25/h3-6,11-12H,1-2,7-8,20H2. The zero-order valence-corrected chi connectivity index (χ0v) is 14.4. The van der Waals surface area contributed by atoms with Gasteiger partial charge in [0.05, 0.1) is 29.3 Å². The van der Waals surface area contributed by atoms with Crippen molar-refractivity contribution in [2.75, 3.05) is 18.0 Å². The summed E-state index contributed by atoms with van der Waals surface area (Å²) >= 11 is 5.83. The van der Waals surface area contributed by atoms with E-state index in [1.807, 2.05) is 4.90 Å². The fourth-order valence-electron chi connectivity index (χ4n) is 3.06. The summed E-state index contributed by atoms with van der Waals surface area (Å²) in [6, 6.07) is 0.754. The van der Waals surface area contributed by atoms with Crippen LogP contribution in [0.1, 0.15) is 12.2 Å². The number of fused-ring (bicyclic) bond motifs is 1. The van der Waals surface area contributed by atoms with Crippen LogP contribution in [0.2, 0.25) is 5.02 Å². The number of rotatable bonds is 3. The molecule has 10 heteroatoms. The average molecular weight is 380 g/mol. The van der Waals surface area contributed by atoms with Gasteiger partial charge in [-0.05, 0) is 6.42 Å². The molecule has 0 bridgehead atoms. The van der Waals surface area contributed by atoms with Gasteiger partial charge >= 0.3 is 0 Å². The first-order chi connectivity index (χ1) is 12.5. The highest BCUT2D eigenvalue weighted by atomic mass is 35.5. The van der Waals surface area contributed by atoms with Crippen molar-refractivity contribution in [3.05, 3.63) is 41.3 Å². The van der Waals surface area contributed by atoms with Crippen molar-refractivity contribution in [1.82, 2.24) is 24.5 Å². The van der Waals surface area contributed by atoms with E-state index in [-0.39, 0.29) is 6.54 Å². The summed E-state index contributed by atoms with van der Waals surface area (Å²) in [5.74, 6) is 0.560. The maximum absolute atomic E-state index is 13.7. The number of imidazole rings is 1. The minimum absolute atomic E-state index is 0.249. The average Bonchev–Trinajstić information content (AvgIpc) is 2.97. The lowest BCUT2D eigenvalue weighted by Crippen LogP contribution is -2.50.